The maximum Gasteiger partial charge on any atom is 0.335 e. The number of aryl methyl sites for hydroxylation is 2. The molecule has 2 rings (SSSR count). The van der Waals surface area contributed by atoms with Crippen molar-refractivity contribution in [2.45, 2.75) is 13.8 Å². The Hall–Kier alpha value is -2.29. The van der Waals surface area contributed by atoms with E-state index in [0.717, 1.165) is 16.7 Å². The third kappa shape index (κ3) is 2.20. The highest BCUT2D eigenvalue weighted by Crippen LogP contribution is 2.32. The second-order valence-corrected chi connectivity index (χ2v) is 4.36. The summed E-state index contributed by atoms with van der Waals surface area (Å²) < 4.78 is 0. The topological polar surface area (TPSA) is 57.5 Å². The van der Waals surface area contributed by atoms with Gasteiger partial charge in [0.1, 0.15) is 5.75 Å². The number of carbonyl (C=O) groups is 1. The summed E-state index contributed by atoms with van der Waals surface area (Å²) in [6.07, 6.45) is 0. The molecule has 0 saturated carbocycles. The molecule has 0 aromatic heterocycles. The first-order chi connectivity index (χ1) is 8.49. The minimum Gasteiger partial charge on any atom is -0.507 e. The van der Waals surface area contributed by atoms with Crippen LogP contribution in [0, 0.1) is 13.8 Å². The quantitative estimate of drug-likeness (QED) is 0.848. The Bertz CT molecular complexity index is 615. The number of hydrogen-bond donors (Lipinski definition) is 2. The number of carboxylic acids is 1. The lowest BCUT2D eigenvalue weighted by molar-refractivity contribution is 0.0696. The van der Waals surface area contributed by atoms with Crippen LogP contribution < -0.4 is 0 Å². The zero-order valence-corrected chi connectivity index (χ0v) is 10.3. The van der Waals surface area contributed by atoms with E-state index in [1.165, 1.54) is 12.1 Å². The van der Waals surface area contributed by atoms with E-state index < -0.39 is 5.97 Å². The molecule has 0 aliphatic rings. The summed E-state index contributed by atoms with van der Waals surface area (Å²) in [7, 11) is 0. The van der Waals surface area contributed by atoms with Crippen LogP contribution in [-0.2, 0) is 0 Å². The molecule has 0 aliphatic heterocycles. The molecule has 3 heteroatoms. The molecule has 18 heavy (non-hydrogen) atoms. The molecule has 0 atom stereocenters. The van der Waals surface area contributed by atoms with Crippen LogP contribution in [0.5, 0.6) is 5.75 Å². The first-order valence-electron chi connectivity index (χ1n) is 5.63. The van der Waals surface area contributed by atoms with Crippen LogP contribution in [0.4, 0.5) is 0 Å². The Balaban J connectivity index is 2.54. The molecule has 2 aromatic rings. The van der Waals surface area contributed by atoms with Crippen molar-refractivity contribution < 1.29 is 15.0 Å². The second kappa shape index (κ2) is 4.53. The molecule has 0 radical (unpaired) electrons. The number of aromatic hydroxyl groups is 1. The number of rotatable bonds is 2. The summed E-state index contributed by atoms with van der Waals surface area (Å²) in [6.45, 7) is 3.97. The molecular weight excluding hydrogens is 228 g/mol. The normalized spacial score (nSPS) is 10.3. The van der Waals surface area contributed by atoms with Gasteiger partial charge < -0.3 is 10.2 Å². The average molecular weight is 242 g/mol. The van der Waals surface area contributed by atoms with Gasteiger partial charge in [0.15, 0.2) is 0 Å². The second-order valence-electron chi connectivity index (χ2n) is 4.36. The van der Waals surface area contributed by atoms with Crippen LogP contribution in [0.25, 0.3) is 11.1 Å². The molecule has 0 heterocycles. The van der Waals surface area contributed by atoms with E-state index in [0.29, 0.717) is 5.56 Å². The van der Waals surface area contributed by atoms with Gasteiger partial charge in [-0.25, -0.2) is 4.79 Å². The van der Waals surface area contributed by atoms with Crippen LogP contribution in [0.2, 0.25) is 0 Å². The van der Waals surface area contributed by atoms with Gasteiger partial charge in [-0.1, -0.05) is 23.8 Å². The standard InChI is InChI=1S/C15H14O3/c1-9-3-5-12(10(2)7-9)13-6-4-11(15(17)18)8-14(13)16/h3-8,16H,1-2H3,(H,17,18). The van der Waals surface area contributed by atoms with Crippen LogP contribution in [0.15, 0.2) is 36.4 Å². The van der Waals surface area contributed by atoms with E-state index in [1.54, 1.807) is 6.07 Å². The molecule has 2 N–H and O–H groups in total. The van der Waals surface area contributed by atoms with Gasteiger partial charge >= 0.3 is 5.97 Å². The van der Waals surface area contributed by atoms with Gasteiger partial charge in [0.25, 0.3) is 0 Å². The third-order valence-corrected chi connectivity index (χ3v) is 2.92. The molecular formula is C15H14O3. The largest absolute Gasteiger partial charge is 0.507 e. The zero-order chi connectivity index (χ0) is 13.3. The number of hydrogen-bond acceptors (Lipinski definition) is 2. The maximum atomic E-state index is 10.8. The lowest BCUT2D eigenvalue weighted by Gasteiger charge is -2.09. The van der Waals surface area contributed by atoms with E-state index in [-0.39, 0.29) is 11.3 Å². The maximum absolute atomic E-state index is 10.8. The minimum atomic E-state index is -1.04. The highest BCUT2D eigenvalue weighted by molar-refractivity contribution is 5.89. The predicted octanol–water partition coefficient (Wildman–Crippen LogP) is 3.37. The van der Waals surface area contributed by atoms with Crippen molar-refractivity contribution in [2.24, 2.45) is 0 Å². The van der Waals surface area contributed by atoms with Crippen molar-refractivity contribution in [3.63, 3.8) is 0 Å². The fourth-order valence-corrected chi connectivity index (χ4v) is 2.01. The van der Waals surface area contributed by atoms with E-state index in [1.807, 2.05) is 32.0 Å². The first kappa shape index (κ1) is 12.2. The van der Waals surface area contributed by atoms with Crippen molar-refractivity contribution in [1.82, 2.24) is 0 Å². The molecule has 2 aromatic carbocycles. The van der Waals surface area contributed by atoms with Gasteiger partial charge in [-0.3, -0.25) is 0 Å². The van der Waals surface area contributed by atoms with E-state index in [2.05, 4.69) is 0 Å². The molecule has 92 valence electrons. The molecule has 0 bridgehead atoms. The molecule has 0 spiro atoms. The van der Waals surface area contributed by atoms with E-state index in [4.69, 9.17) is 5.11 Å². The van der Waals surface area contributed by atoms with Gasteiger partial charge in [0, 0.05) is 5.56 Å². The lowest BCUT2D eigenvalue weighted by Crippen LogP contribution is -1.96. The van der Waals surface area contributed by atoms with E-state index in [9.17, 15) is 9.90 Å². The molecule has 0 saturated heterocycles. The molecule has 0 fully saturated rings. The highest BCUT2D eigenvalue weighted by Gasteiger charge is 2.10. The number of aromatic carboxylic acids is 1. The summed E-state index contributed by atoms with van der Waals surface area (Å²) >= 11 is 0. The minimum absolute atomic E-state index is 0.0122. The number of carboxylic acid groups (broad SMARTS) is 1. The van der Waals surface area contributed by atoms with Gasteiger partial charge in [0.2, 0.25) is 0 Å². The van der Waals surface area contributed by atoms with Crippen molar-refractivity contribution in [3.8, 4) is 16.9 Å². The van der Waals surface area contributed by atoms with Gasteiger partial charge in [-0.05, 0) is 43.2 Å². The third-order valence-electron chi connectivity index (χ3n) is 2.92. The molecule has 0 amide bonds. The first-order valence-corrected chi connectivity index (χ1v) is 5.63. The van der Waals surface area contributed by atoms with Crippen LogP contribution in [0.3, 0.4) is 0 Å². The summed E-state index contributed by atoms with van der Waals surface area (Å²) in [4.78, 5) is 10.8. The van der Waals surface area contributed by atoms with Gasteiger partial charge in [-0.15, -0.1) is 0 Å². The Morgan fingerprint density at radius 1 is 1.00 bits per heavy atom. The molecule has 0 aliphatic carbocycles. The summed E-state index contributed by atoms with van der Waals surface area (Å²) in [5.74, 6) is -1.06. The fraction of sp³-hybridized carbons (Fsp3) is 0.133. The van der Waals surface area contributed by atoms with Crippen molar-refractivity contribution in [3.05, 3.63) is 53.1 Å². The fourth-order valence-electron chi connectivity index (χ4n) is 2.01. The van der Waals surface area contributed by atoms with Crippen molar-refractivity contribution >= 4 is 5.97 Å². The van der Waals surface area contributed by atoms with E-state index >= 15 is 0 Å². The lowest BCUT2D eigenvalue weighted by atomic mass is 9.97. The number of phenolic OH excluding ortho intramolecular Hbond substituents is 1. The van der Waals surface area contributed by atoms with Crippen LogP contribution in [-0.4, -0.2) is 16.2 Å². The molecule has 3 nitrogen and oxygen atoms in total. The van der Waals surface area contributed by atoms with Crippen LogP contribution in [0.1, 0.15) is 21.5 Å². The highest BCUT2D eigenvalue weighted by atomic mass is 16.4. The zero-order valence-electron chi connectivity index (χ0n) is 10.3. The smallest absolute Gasteiger partial charge is 0.335 e. The Kier molecular flexibility index (Phi) is 3.06. The Morgan fingerprint density at radius 2 is 1.67 bits per heavy atom. The summed E-state index contributed by atoms with van der Waals surface area (Å²) in [6, 6.07) is 10.3. The summed E-state index contributed by atoms with van der Waals surface area (Å²) in [5.41, 5.74) is 3.85. The average Bonchev–Trinajstić information content (AvgIpc) is 2.30. The summed E-state index contributed by atoms with van der Waals surface area (Å²) in [5, 5.41) is 18.8. The van der Waals surface area contributed by atoms with Crippen LogP contribution >= 0.6 is 0 Å². The van der Waals surface area contributed by atoms with Crippen molar-refractivity contribution in [1.29, 1.82) is 0 Å². The van der Waals surface area contributed by atoms with Gasteiger partial charge in [0.05, 0.1) is 5.56 Å². The van der Waals surface area contributed by atoms with Gasteiger partial charge in [-0.2, -0.15) is 0 Å². The number of phenols is 1. The Morgan fingerprint density at radius 3 is 2.22 bits per heavy atom. The molecule has 0 unspecified atom stereocenters. The van der Waals surface area contributed by atoms with Crippen molar-refractivity contribution in [2.75, 3.05) is 0 Å². The monoisotopic (exact) mass is 242 g/mol. The number of benzene rings is 2. The predicted molar refractivity (Wildman–Crippen MR) is 70.0 cm³/mol. The Labute approximate surface area is 105 Å². The SMILES string of the molecule is Cc1ccc(-c2ccc(C(=O)O)cc2O)c(C)c1.